The first-order chi connectivity index (χ1) is 15.3. The molecule has 3 N–H and O–H groups in total. The number of rotatable bonds is 4. The molecule has 3 heterocycles. The van der Waals surface area contributed by atoms with Crippen molar-refractivity contribution in [2.75, 3.05) is 7.05 Å². The van der Waals surface area contributed by atoms with Gasteiger partial charge in [-0.1, -0.05) is 6.07 Å². The van der Waals surface area contributed by atoms with E-state index in [-0.39, 0.29) is 34.0 Å². The van der Waals surface area contributed by atoms with E-state index in [0.717, 1.165) is 11.0 Å². The van der Waals surface area contributed by atoms with Crippen molar-refractivity contribution in [2.24, 2.45) is 10.7 Å². The first-order valence-corrected chi connectivity index (χ1v) is 9.35. The summed E-state index contributed by atoms with van der Waals surface area (Å²) in [4.78, 5) is 26.5. The number of halogens is 2. The largest absolute Gasteiger partial charge is 0.507 e. The Labute approximate surface area is 181 Å². The highest BCUT2D eigenvalue weighted by Crippen LogP contribution is 2.42. The van der Waals surface area contributed by atoms with Crippen molar-refractivity contribution < 1.29 is 18.7 Å². The normalized spacial score (nSPS) is 18.0. The number of aliphatic imine (C=N–C) groups is 1. The molecule has 0 bridgehead atoms. The van der Waals surface area contributed by atoms with E-state index < -0.39 is 23.6 Å². The topological polar surface area (TPSA) is 128 Å². The summed E-state index contributed by atoms with van der Waals surface area (Å²) in [5.74, 6) is -0.769. The molecular formula is C22H16F2N6O2. The number of carbonyl (C=O) groups is 1. The maximum atomic E-state index is 13.4. The fraction of sp³-hybridized carbons (Fsp3) is 0.136. The van der Waals surface area contributed by atoms with E-state index in [2.05, 4.69) is 15.0 Å². The number of aromatic hydroxyl groups is 1. The molecule has 1 amide bonds. The van der Waals surface area contributed by atoms with E-state index in [1.807, 2.05) is 6.07 Å². The lowest BCUT2D eigenvalue weighted by atomic mass is 9.81. The Bertz CT molecular complexity index is 1300. The number of pyridine rings is 2. The molecule has 8 nitrogen and oxygen atoms in total. The molecule has 0 saturated carbocycles. The molecule has 1 aromatic carbocycles. The summed E-state index contributed by atoms with van der Waals surface area (Å²) in [6.45, 7) is 0. The van der Waals surface area contributed by atoms with E-state index in [4.69, 9.17) is 11.0 Å². The Morgan fingerprint density at radius 1 is 1.19 bits per heavy atom. The molecule has 1 atom stereocenters. The minimum Gasteiger partial charge on any atom is -0.507 e. The molecule has 4 rings (SSSR count). The Kier molecular flexibility index (Phi) is 5.02. The van der Waals surface area contributed by atoms with Crippen LogP contribution in [0.15, 0.2) is 60.0 Å². The summed E-state index contributed by atoms with van der Waals surface area (Å²) in [5.41, 5.74) is 5.09. The lowest BCUT2D eigenvalue weighted by molar-refractivity contribution is -0.129. The van der Waals surface area contributed by atoms with Crippen LogP contribution in [0, 0.1) is 11.3 Å². The van der Waals surface area contributed by atoms with Gasteiger partial charge in [0.05, 0.1) is 5.56 Å². The number of likely N-dealkylation sites (N-methyl/N-ethyl adjacent to an activating group) is 1. The second-order valence-electron chi connectivity index (χ2n) is 7.12. The van der Waals surface area contributed by atoms with Gasteiger partial charge >= 0.3 is 0 Å². The SMILES string of the molecule is CN1C(=O)C(c2ccnc(C(F)F)c2)(c2ccc(O)c(-c3cncc(C#N)c3)c2)N=C1N. The lowest BCUT2D eigenvalue weighted by Gasteiger charge is -2.27. The summed E-state index contributed by atoms with van der Waals surface area (Å²) in [6.07, 6.45) is 1.15. The average molecular weight is 434 g/mol. The van der Waals surface area contributed by atoms with Gasteiger partial charge in [0.25, 0.3) is 12.3 Å². The van der Waals surface area contributed by atoms with Crippen LogP contribution in [0.4, 0.5) is 8.78 Å². The van der Waals surface area contributed by atoms with Crippen molar-refractivity contribution >= 4 is 11.9 Å². The second kappa shape index (κ2) is 7.70. The molecule has 1 aliphatic rings. The number of phenolic OH excluding ortho intramolecular Hbond substituents is 1. The summed E-state index contributed by atoms with van der Waals surface area (Å²) in [6, 6.07) is 10.4. The van der Waals surface area contributed by atoms with E-state index in [1.165, 1.54) is 56.0 Å². The third-order valence-electron chi connectivity index (χ3n) is 5.26. The van der Waals surface area contributed by atoms with Crippen LogP contribution in [0.5, 0.6) is 5.75 Å². The van der Waals surface area contributed by atoms with Crippen molar-refractivity contribution in [3.8, 4) is 22.9 Å². The molecule has 160 valence electrons. The first kappa shape index (κ1) is 20.9. The number of nitrogens with zero attached hydrogens (tertiary/aromatic N) is 5. The number of nitrogens with two attached hydrogens (primary N) is 1. The Morgan fingerprint density at radius 2 is 1.94 bits per heavy atom. The van der Waals surface area contributed by atoms with Crippen LogP contribution < -0.4 is 5.73 Å². The monoisotopic (exact) mass is 434 g/mol. The smallest absolute Gasteiger partial charge is 0.280 e. The van der Waals surface area contributed by atoms with Crippen LogP contribution in [0.1, 0.15) is 28.8 Å². The molecule has 0 fully saturated rings. The van der Waals surface area contributed by atoms with Gasteiger partial charge in [-0.05, 0) is 41.5 Å². The number of phenols is 1. The zero-order valence-electron chi connectivity index (χ0n) is 16.7. The number of amides is 1. The maximum absolute atomic E-state index is 13.4. The zero-order valence-corrected chi connectivity index (χ0v) is 16.7. The van der Waals surface area contributed by atoms with Gasteiger partial charge in [-0.3, -0.25) is 19.7 Å². The van der Waals surface area contributed by atoms with Gasteiger partial charge in [0.15, 0.2) is 11.5 Å². The van der Waals surface area contributed by atoms with Gasteiger partial charge in [-0.15, -0.1) is 0 Å². The zero-order chi connectivity index (χ0) is 23.0. The number of hydrogen-bond acceptors (Lipinski definition) is 7. The highest BCUT2D eigenvalue weighted by atomic mass is 19.3. The highest BCUT2D eigenvalue weighted by Gasteiger charge is 2.50. The number of guanidine groups is 1. The van der Waals surface area contributed by atoms with E-state index in [0.29, 0.717) is 5.56 Å². The van der Waals surface area contributed by atoms with Crippen LogP contribution >= 0.6 is 0 Å². The van der Waals surface area contributed by atoms with E-state index in [1.54, 1.807) is 0 Å². The number of aromatic nitrogens is 2. The minimum absolute atomic E-state index is 0.0896. The fourth-order valence-electron chi connectivity index (χ4n) is 3.62. The van der Waals surface area contributed by atoms with Crippen molar-refractivity contribution in [3.05, 3.63) is 77.4 Å². The maximum Gasteiger partial charge on any atom is 0.280 e. The van der Waals surface area contributed by atoms with Crippen LogP contribution in [-0.2, 0) is 10.3 Å². The predicted octanol–water partition coefficient (Wildman–Crippen LogP) is 2.69. The number of alkyl halides is 2. The van der Waals surface area contributed by atoms with E-state index >= 15 is 0 Å². The molecule has 0 spiro atoms. The second-order valence-corrected chi connectivity index (χ2v) is 7.12. The summed E-state index contributed by atoms with van der Waals surface area (Å²) in [7, 11) is 1.43. The fourth-order valence-corrected chi connectivity index (χ4v) is 3.62. The Morgan fingerprint density at radius 3 is 2.59 bits per heavy atom. The molecule has 0 aliphatic carbocycles. The molecule has 10 heteroatoms. The van der Waals surface area contributed by atoms with Crippen LogP contribution in [0.3, 0.4) is 0 Å². The molecule has 1 aliphatic heterocycles. The number of hydrogen-bond donors (Lipinski definition) is 2. The van der Waals surface area contributed by atoms with Crippen molar-refractivity contribution in [1.82, 2.24) is 14.9 Å². The van der Waals surface area contributed by atoms with Gasteiger partial charge in [-0.25, -0.2) is 13.8 Å². The average Bonchev–Trinajstić information content (AvgIpc) is 3.04. The standard InChI is InChI=1S/C22H16F2N6O2/c1-30-20(32)22(29-21(30)26,15-4-5-28-17(8-15)19(23)24)14-2-3-18(31)16(7-14)13-6-12(9-25)10-27-11-13/h2-8,10-11,19,31H,1H3,(H2,26,29). The van der Waals surface area contributed by atoms with Gasteiger partial charge in [0.2, 0.25) is 0 Å². The first-order valence-electron chi connectivity index (χ1n) is 9.35. The third kappa shape index (κ3) is 3.20. The predicted molar refractivity (Wildman–Crippen MR) is 110 cm³/mol. The lowest BCUT2D eigenvalue weighted by Crippen LogP contribution is -2.41. The van der Waals surface area contributed by atoms with Gasteiger partial charge in [0, 0.05) is 36.8 Å². The molecule has 2 aromatic heterocycles. The molecule has 32 heavy (non-hydrogen) atoms. The highest BCUT2D eigenvalue weighted by molar-refractivity contribution is 6.09. The molecular weight excluding hydrogens is 418 g/mol. The van der Waals surface area contributed by atoms with Crippen LogP contribution in [0.25, 0.3) is 11.1 Å². The van der Waals surface area contributed by atoms with E-state index in [9.17, 15) is 18.7 Å². The summed E-state index contributed by atoms with van der Waals surface area (Å²) in [5, 5.41) is 19.6. The number of benzene rings is 1. The van der Waals surface area contributed by atoms with Gasteiger partial charge < -0.3 is 10.8 Å². The molecule has 1 unspecified atom stereocenters. The number of nitriles is 1. The van der Waals surface area contributed by atoms with Crippen molar-refractivity contribution in [2.45, 2.75) is 12.0 Å². The summed E-state index contributed by atoms with van der Waals surface area (Å²) >= 11 is 0. The minimum atomic E-state index is -2.85. The summed E-state index contributed by atoms with van der Waals surface area (Å²) < 4.78 is 26.7. The van der Waals surface area contributed by atoms with Crippen LogP contribution in [0.2, 0.25) is 0 Å². The van der Waals surface area contributed by atoms with Gasteiger partial charge in [0.1, 0.15) is 17.5 Å². The molecule has 0 radical (unpaired) electrons. The Balaban J connectivity index is 1.98. The van der Waals surface area contributed by atoms with Crippen molar-refractivity contribution in [3.63, 3.8) is 0 Å². The molecule has 0 saturated heterocycles. The van der Waals surface area contributed by atoms with Crippen molar-refractivity contribution in [1.29, 1.82) is 5.26 Å². The van der Waals surface area contributed by atoms with Gasteiger partial charge in [-0.2, -0.15) is 5.26 Å². The van der Waals surface area contributed by atoms with Crippen LogP contribution in [-0.4, -0.2) is 38.9 Å². The number of carbonyl (C=O) groups excluding carboxylic acids is 1. The Hall–Kier alpha value is -4.39. The molecule has 3 aromatic rings. The third-order valence-corrected chi connectivity index (χ3v) is 5.26. The quantitative estimate of drug-likeness (QED) is 0.650.